The first-order chi connectivity index (χ1) is 18.2. The Morgan fingerprint density at radius 2 is 0.356 bits per heavy atom. The molecule has 0 aliphatic heterocycles. The van der Waals surface area contributed by atoms with Gasteiger partial charge in [-0.15, -0.1) is 0 Å². The maximum Gasteiger partial charge on any atom is 0.678 e. The van der Waals surface area contributed by atoms with Crippen LogP contribution in [0.15, 0.2) is 0 Å². The van der Waals surface area contributed by atoms with Gasteiger partial charge >= 0.3 is 18.1 Å². The number of hydrogen-bond donors (Lipinski definition) is 4. The fourth-order valence-corrected chi connectivity index (χ4v) is 7.34. The summed E-state index contributed by atoms with van der Waals surface area (Å²) >= 11 is 0. The molecule has 276 valence electrons. The Morgan fingerprint density at radius 1 is 0.289 bits per heavy atom. The molecule has 0 aromatic heterocycles. The van der Waals surface area contributed by atoms with Gasteiger partial charge in [0.25, 0.3) is 0 Å². The Kier molecular flexibility index (Phi) is 23.6. The molecule has 0 unspecified atom stereocenters. The fraction of sp³-hybridized carbons (Fsp3) is 1.00. The second kappa shape index (κ2) is 19.2. The summed E-state index contributed by atoms with van der Waals surface area (Å²) in [6.45, 7) is 44.0. The van der Waals surface area contributed by atoms with E-state index in [2.05, 4.69) is 0 Å². The molecule has 0 aliphatic carbocycles. The summed E-state index contributed by atoms with van der Waals surface area (Å²) in [6, 6.07) is 0. The van der Waals surface area contributed by atoms with Crippen molar-refractivity contribution in [2.75, 3.05) is 0 Å². The average Bonchev–Trinajstić information content (AvgIpc) is 2.36. The molecule has 0 fully saturated rings. The van der Waals surface area contributed by atoms with Crippen molar-refractivity contribution in [3.63, 3.8) is 0 Å². The second-order valence-electron chi connectivity index (χ2n) is 18.7. The molecule has 0 rings (SSSR count). The summed E-state index contributed by atoms with van der Waals surface area (Å²) in [7, 11) is -7.31. The van der Waals surface area contributed by atoms with E-state index >= 15 is 0 Å². The monoisotopic (exact) mass is 724 g/mol. The zero-order valence-corrected chi connectivity index (χ0v) is 37.3. The summed E-state index contributed by atoms with van der Waals surface area (Å²) in [6.07, 6.45) is 0. The van der Waals surface area contributed by atoms with E-state index < -0.39 is 62.9 Å². The van der Waals surface area contributed by atoms with Crippen LogP contribution in [0.25, 0.3) is 0 Å². The predicted octanol–water partition coefficient (Wildman–Crippen LogP) is 7.27. The minimum atomic E-state index is -3.66. The third-order valence-electron chi connectivity index (χ3n) is 2.61. The molecule has 0 aliphatic rings. The van der Waals surface area contributed by atoms with Gasteiger partial charge in [-0.25, -0.2) is 0 Å². The van der Waals surface area contributed by atoms with Crippen LogP contribution in [0.1, 0.15) is 166 Å². The minimum absolute atomic E-state index is 0. The molecular weight excluding hydrogens is 648 g/mol. The van der Waals surface area contributed by atoms with Crippen LogP contribution in [0.2, 0.25) is 0 Å². The molecule has 0 aromatic carbocycles. The van der Waals surface area contributed by atoms with Gasteiger partial charge in [-0.2, -0.15) is 0 Å². The van der Waals surface area contributed by atoms with Crippen molar-refractivity contribution in [1.29, 1.82) is 0 Å². The predicted molar refractivity (Wildman–Crippen MR) is 185 cm³/mol. The Balaban J connectivity index is -0.000000179. The third kappa shape index (κ3) is 60.6. The van der Waals surface area contributed by atoms with Gasteiger partial charge in [0.05, 0.1) is 44.8 Å². The standard InChI is InChI=1S/2C12H28O4Si.2C4H10O.Ti/c2*1-10(2,3)14-17(13,15-11(4,5)6)16-12(7,8)9;2*1-4(2,3)5;/h2*13H,1-9H3;2*5H,1-3H3;. The SMILES string of the molecule is CC(C)(C)O.CC(C)(C)O.CC(C)(C)O[Si](O)(OC(C)(C)C)OC(C)(C)C.CC(C)(C)O[Si](O)(OC(C)(C)C)OC(C)(C)C.[Ti]. The Hall–Kier alpha value is 0.748. The molecular formula is C32H76O10Si2Ti. The topological polar surface area (TPSA) is 136 Å². The van der Waals surface area contributed by atoms with Crippen LogP contribution in [0.4, 0.5) is 0 Å². The molecule has 10 nitrogen and oxygen atoms in total. The smallest absolute Gasteiger partial charge is 0.391 e. The zero-order valence-electron chi connectivity index (χ0n) is 33.7. The number of aliphatic hydroxyl groups is 2. The first kappa shape index (κ1) is 55.2. The molecule has 0 saturated heterocycles. The van der Waals surface area contributed by atoms with Crippen molar-refractivity contribution in [2.45, 2.75) is 211 Å². The van der Waals surface area contributed by atoms with E-state index in [0.717, 1.165) is 0 Å². The third-order valence-corrected chi connectivity index (χ3v) is 7.83. The maximum absolute atomic E-state index is 10.5. The quantitative estimate of drug-likeness (QED) is 0.207. The van der Waals surface area contributed by atoms with E-state index in [-0.39, 0.29) is 21.7 Å². The van der Waals surface area contributed by atoms with Crippen molar-refractivity contribution >= 4 is 18.1 Å². The summed E-state index contributed by atoms with van der Waals surface area (Å²) in [5, 5.41) is 17.0. The molecule has 0 aromatic rings. The molecule has 13 heteroatoms. The molecule has 0 heterocycles. The van der Waals surface area contributed by atoms with Crippen molar-refractivity contribution in [3.05, 3.63) is 0 Å². The Bertz CT molecular complexity index is 610. The van der Waals surface area contributed by atoms with Crippen molar-refractivity contribution in [1.82, 2.24) is 0 Å². The summed E-state index contributed by atoms with van der Waals surface area (Å²) in [4.78, 5) is 21.0. The average molecular weight is 725 g/mol. The van der Waals surface area contributed by atoms with Crippen molar-refractivity contribution in [2.24, 2.45) is 0 Å². The molecule has 45 heavy (non-hydrogen) atoms. The molecule has 0 atom stereocenters. The van der Waals surface area contributed by atoms with Gasteiger partial charge < -0.3 is 46.4 Å². The van der Waals surface area contributed by atoms with E-state index in [1.54, 1.807) is 41.5 Å². The summed E-state index contributed by atoms with van der Waals surface area (Å²) in [5.41, 5.74) is -4.10. The van der Waals surface area contributed by atoms with Crippen LogP contribution in [0.5, 0.6) is 0 Å². The first-order valence-corrected chi connectivity index (χ1v) is 18.7. The van der Waals surface area contributed by atoms with Gasteiger partial charge in [0.15, 0.2) is 0 Å². The Labute approximate surface area is 296 Å². The molecule has 0 radical (unpaired) electrons. The van der Waals surface area contributed by atoms with Gasteiger partial charge in [-0.3, -0.25) is 0 Å². The van der Waals surface area contributed by atoms with Crippen molar-refractivity contribution in [3.8, 4) is 0 Å². The van der Waals surface area contributed by atoms with Gasteiger partial charge in [-0.05, 0) is 166 Å². The van der Waals surface area contributed by atoms with Crippen LogP contribution in [-0.4, -0.2) is 82.7 Å². The summed E-state index contributed by atoms with van der Waals surface area (Å²) < 4.78 is 33.8. The van der Waals surface area contributed by atoms with E-state index in [1.165, 1.54) is 0 Å². The number of rotatable bonds is 6. The summed E-state index contributed by atoms with van der Waals surface area (Å²) in [5.74, 6) is 0. The second-order valence-corrected chi connectivity index (χ2v) is 22.0. The first-order valence-electron chi connectivity index (χ1n) is 15.3. The molecule has 0 bridgehead atoms. The number of hydrogen-bond acceptors (Lipinski definition) is 10. The van der Waals surface area contributed by atoms with Crippen molar-refractivity contribution < 1.29 is 68.1 Å². The molecule has 0 amide bonds. The molecule has 4 N–H and O–H groups in total. The zero-order chi connectivity index (χ0) is 37.2. The molecule has 0 spiro atoms. The van der Waals surface area contributed by atoms with E-state index in [4.69, 9.17) is 36.8 Å². The van der Waals surface area contributed by atoms with Gasteiger partial charge in [-0.1, -0.05) is 0 Å². The fourth-order valence-electron chi connectivity index (χ4n) is 2.45. The van der Waals surface area contributed by atoms with Crippen LogP contribution >= 0.6 is 0 Å². The van der Waals surface area contributed by atoms with E-state index in [1.807, 2.05) is 125 Å². The van der Waals surface area contributed by atoms with Crippen LogP contribution in [-0.2, 0) is 48.3 Å². The molecule has 0 saturated carbocycles. The maximum atomic E-state index is 10.5. The Morgan fingerprint density at radius 3 is 0.400 bits per heavy atom. The van der Waals surface area contributed by atoms with Crippen LogP contribution < -0.4 is 0 Å². The minimum Gasteiger partial charge on any atom is -0.391 e. The normalized spacial score (nSPS) is 14.1. The van der Waals surface area contributed by atoms with Gasteiger partial charge in [0.2, 0.25) is 0 Å². The van der Waals surface area contributed by atoms with E-state index in [9.17, 15) is 9.59 Å². The van der Waals surface area contributed by atoms with Crippen LogP contribution in [0.3, 0.4) is 0 Å². The van der Waals surface area contributed by atoms with E-state index in [0.29, 0.717) is 0 Å². The largest absolute Gasteiger partial charge is 0.678 e. The van der Waals surface area contributed by atoms with Gasteiger partial charge in [0, 0.05) is 21.7 Å². The van der Waals surface area contributed by atoms with Crippen LogP contribution in [0, 0.1) is 0 Å². The van der Waals surface area contributed by atoms with Gasteiger partial charge in [0.1, 0.15) is 0 Å².